The molecular weight excluding hydrogens is 364 g/mol. The number of aromatic nitrogens is 2. The third-order valence-electron chi connectivity index (χ3n) is 3.20. The van der Waals surface area contributed by atoms with E-state index in [1.807, 2.05) is 45.0 Å². The van der Waals surface area contributed by atoms with E-state index in [0.29, 0.717) is 5.13 Å². The monoisotopic (exact) mass is 382 g/mol. The van der Waals surface area contributed by atoms with Crippen molar-refractivity contribution in [1.82, 2.24) is 10.2 Å². The van der Waals surface area contributed by atoms with Gasteiger partial charge in [0.25, 0.3) is 5.91 Å². The van der Waals surface area contributed by atoms with Crippen molar-refractivity contribution in [2.24, 2.45) is 5.73 Å². The molecule has 1 atom stereocenters. The first-order valence-electron chi connectivity index (χ1n) is 6.81. The van der Waals surface area contributed by atoms with Crippen molar-refractivity contribution in [2.75, 3.05) is 5.32 Å². The molecule has 1 unspecified atom stereocenters. The topological polar surface area (TPSA) is 80.9 Å². The zero-order valence-electron chi connectivity index (χ0n) is 13.0. The van der Waals surface area contributed by atoms with E-state index < -0.39 is 5.54 Å². The van der Waals surface area contributed by atoms with Crippen LogP contribution in [-0.4, -0.2) is 16.1 Å². The number of hydrogen-bond donors (Lipinski definition) is 2. The van der Waals surface area contributed by atoms with Gasteiger partial charge >= 0.3 is 0 Å². The quantitative estimate of drug-likeness (QED) is 0.851. The lowest BCUT2D eigenvalue weighted by Gasteiger charge is -2.23. The van der Waals surface area contributed by atoms with E-state index in [2.05, 4.69) is 31.4 Å². The van der Waals surface area contributed by atoms with Crippen molar-refractivity contribution in [3.8, 4) is 0 Å². The molecule has 1 aromatic heterocycles. The summed E-state index contributed by atoms with van der Waals surface area (Å²) in [4.78, 5) is 12.5. The lowest BCUT2D eigenvalue weighted by molar-refractivity contribution is -0.120. The molecule has 0 spiro atoms. The van der Waals surface area contributed by atoms with Gasteiger partial charge in [0.05, 0.1) is 0 Å². The van der Waals surface area contributed by atoms with Crippen LogP contribution in [0.5, 0.6) is 0 Å². The summed E-state index contributed by atoms with van der Waals surface area (Å²) in [6.07, 6.45) is 0. The Morgan fingerprint density at radius 3 is 2.27 bits per heavy atom. The molecular formula is C15H19BrN4OS. The number of nitrogens with zero attached hydrogens (tertiary/aromatic N) is 2. The molecule has 2 rings (SSSR count). The number of rotatable bonds is 3. The van der Waals surface area contributed by atoms with Crippen molar-refractivity contribution in [3.05, 3.63) is 39.3 Å². The molecule has 118 valence electrons. The highest BCUT2D eigenvalue weighted by atomic mass is 79.9. The Bertz CT molecular complexity index is 674. The predicted molar refractivity (Wildman–Crippen MR) is 92.9 cm³/mol. The smallest absolute Gasteiger partial charge is 0.250 e. The number of carbonyl (C=O) groups is 1. The number of nitrogens with one attached hydrogen (secondary N) is 1. The molecule has 0 radical (unpaired) electrons. The molecule has 0 aliphatic heterocycles. The standard InChI is InChI=1S/C15H19BrN4OS/c1-14(2,3)12-19-20-13(22-12)18-11(21)15(4,17)9-5-7-10(16)8-6-9/h5-8H,17H2,1-4H3,(H,18,20,21). The molecule has 7 heteroatoms. The summed E-state index contributed by atoms with van der Waals surface area (Å²) in [6.45, 7) is 7.83. The fourth-order valence-electron chi connectivity index (χ4n) is 1.73. The third kappa shape index (κ3) is 3.71. The Kier molecular flexibility index (Phi) is 4.70. The first-order chi connectivity index (χ1) is 10.1. The Morgan fingerprint density at radius 2 is 1.77 bits per heavy atom. The maximum atomic E-state index is 12.5. The van der Waals surface area contributed by atoms with Gasteiger partial charge in [-0.25, -0.2) is 0 Å². The third-order valence-corrected chi connectivity index (χ3v) is 5.00. The molecule has 0 aliphatic rings. The normalized spacial score (nSPS) is 14.5. The summed E-state index contributed by atoms with van der Waals surface area (Å²) in [5.74, 6) is -0.313. The summed E-state index contributed by atoms with van der Waals surface area (Å²) in [5, 5.41) is 12.2. The van der Waals surface area contributed by atoms with Crippen LogP contribution in [0.2, 0.25) is 0 Å². The second kappa shape index (κ2) is 6.06. The average molecular weight is 383 g/mol. The lowest BCUT2D eigenvalue weighted by atomic mass is 9.92. The molecule has 5 nitrogen and oxygen atoms in total. The molecule has 1 heterocycles. The van der Waals surface area contributed by atoms with E-state index >= 15 is 0 Å². The Morgan fingerprint density at radius 1 is 1.18 bits per heavy atom. The lowest BCUT2D eigenvalue weighted by Crippen LogP contribution is -2.45. The van der Waals surface area contributed by atoms with Gasteiger partial charge in [0.2, 0.25) is 5.13 Å². The Labute approximate surface area is 142 Å². The Hall–Kier alpha value is -1.31. The minimum atomic E-state index is -1.14. The van der Waals surface area contributed by atoms with Gasteiger partial charge in [-0.1, -0.05) is 60.2 Å². The van der Waals surface area contributed by atoms with Gasteiger partial charge in [0.1, 0.15) is 10.5 Å². The van der Waals surface area contributed by atoms with E-state index in [9.17, 15) is 4.79 Å². The number of hydrogen-bond acceptors (Lipinski definition) is 5. The first-order valence-corrected chi connectivity index (χ1v) is 8.42. The summed E-state index contributed by atoms with van der Waals surface area (Å²) in [7, 11) is 0. The minimum absolute atomic E-state index is 0.0988. The highest BCUT2D eigenvalue weighted by Crippen LogP contribution is 2.29. The summed E-state index contributed by atoms with van der Waals surface area (Å²) in [5.41, 5.74) is 5.69. The van der Waals surface area contributed by atoms with Crippen LogP contribution in [0.3, 0.4) is 0 Å². The predicted octanol–water partition coefficient (Wildman–Crippen LogP) is 3.41. The van der Waals surface area contributed by atoms with Crippen LogP contribution in [0.25, 0.3) is 0 Å². The summed E-state index contributed by atoms with van der Waals surface area (Å²) >= 11 is 4.73. The number of halogens is 1. The van der Waals surface area contributed by atoms with Crippen LogP contribution in [0, 0.1) is 0 Å². The van der Waals surface area contributed by atoms with Gasteiger partial charge in [0.15, 0.2) is 0 Å². The van der Waals surface area contributed by atoms with Crippen LogP contribution in [0.4, 0.5) is 5.13 Å². The fourth-order valence-corrected chi connectivity index (χ4v) is 2.79. The highest BCUT2D eigenvalue weighted by molar-refractivity contribution is 9.10. The molecule has 0 fully saturated rings. The molecule has 2 aromatic rings. The van der Waals surface area contributed by atoms with Crippen molar-refractivity contribution < 1.29 is 4.79 Å². The van der Waals surface area contributed by atoms with Gasteiger partial charge in [-0.05, 0) is 24.6 Å². The molecule has 0 aliphatic carbocycles. The second-order valence-electron chi connectivity index (χ2n) is 6.33. The number of anilines is 1. The van der Waals surface area contributed by atoms with Crippen LogP contribution in [0.15, 0.2) is 28.7 Å². The van der Waals surface area contributed by atoms with Gasteiger partial charge in [-0.2, -0.15) is 0 Å². The number of benzene rings is 1. The van der Waals surface area contributed by atoms with Crippen LogP contribution in [-0.2, 0) is 15.7 Å². The maximum absolute atomic E-state index is 12.5. The van der Waals surface area contributed by atoms with Crippen LogP contribution < -0.4 is 11.1 Å². The molecule has 1 amide bonds. The van der Waals surface area contributed by atoms with Gasteiger partial charge in [0, 0.05) is 9.89 Å². The second-order valence-corrected chi connectivity index (χ2v) is 8.22. The fraction of sp³-hybridized carbons (Fsp3) is 0.400. The van der Waals surface area contributed by atoms with E-state index in [-0.39, 0.29) is 11.3 Å². The zero-order valence-corrected chi connectivity index (χ0v) is 15.4. The van der Waals surface area contributed by atoms with Crippen molar-refractivity contribution in [2.45, 2.75) is 38.6 Å². The van der Waals surface area contributed by atoms with Gasteiger partial charge in [-0.15, -0.1) is 10.2 Å². The summed E-state index contributed by atoms with van der Waals surface area (Å²) in [6, 6.07) is 7.36. The molecule has 0 bridgehead atoms. The van der Waals surface area contributed by atoms with E-state index in [0.717, 1.165) is 15.0 Å². The molecule has 1 aromatic carbocycles. The zero-order chi connectivity index (χ0) is 16.5. The first kappa shape index (κ1) is 17.1. The maximum Gasteiger partial charge on any atom is 0.250 e. The largest absolute Gasteiger partial charge is 0.314 e. The SMILES string of the molecule is CC(C)(C)c1nnc(NC(=O)C(C)(N)c2ccc(Br)cc2)s1. The number of nitrogens with two attached hydrogens (primary N) is 1. The minimum Gasteiger partial charge on any atom is -0.314 e. The van der Waals surface area contributed by atoms with Gasteiger partial charge < -0.3 is 5.73 Å². The van der Waals surface area contributed by atoms with Gasteiger partial charge in [-0.3, -0.25) is 10.1 Å². The number of amides is 1. The molecule has 0 saturated heterocycles. The van der Waals surface area contributed by atoms with Crippen LogP contribution in [0.1, 0.15) is 38.3 Å². The molecule has 3 N–H and O–H groups in total. The van der Waals surface area contributed by atoms with E-state index in [4.69, 9.17) is 5.73 Å². The van der Waals surface area contributed by atoms with Crippen molar-refractivity contribution >= 4 is 38.3 Å². The summed E-state index contributed by atoms with van der Waals surface area (Å²) < 4.78 is 0.936. The van der Waals surface area contributed by atoms with Crippen molar-refractivity contribution in [1.29, 1.82) is 0 Å². The van der Waals surface area contributed by atoms with E-state index in [1.165, 1.54) is 11.3 Å². The number of carbonyl (C=O) groups excluding carboxylic acids is 1. The van der Waals surface area contributed by atoms with Crippen molar-refractivity contribution in [3.63, 3.8) is 0 Å². The molecule has 0 saturated carbocycles. The van der Waals surface area contributed by atoms with Crippen LogP contribution >= 0.6 is 27.3 Å². The Balaban J connectivity index is 2.17. The molecule has 22 heavy (non-hydrogen) atoms. The van der Waals surface area contributed by atoms with E-state index in [1.54, 1.807) is 6.92 Å². The average Bonchev–Trinajstić information content (AvgIpc) is 2.87. The highest BCUT2D eigenvalue weighted by Gasteiger charge is 2.31.